The summed E-state index contributed by atoms with van der Waals surface area (Å²) in [4.78, 5) is -0.381. The van der Waals surface area contributed by atoms with Crippen molar-refractivity contribution in [2.24, 2.45) is 0 Å². The summed E-state index contributed by atoms with van der Waals surface area (Å²) in [5, 5.41) is 0. The zero-order chi connectivity index (χ0) is 13.1. The van der Waals surface area contributed by atoms with Gasteiger partial charge in [0.25, 0.3) is 0 Å². The summed E-state index contributed by atoms with van der Waals surface area (Å²) in [6.45, 7) is 0. The van der Waals surface area contributed by atoms with Crippen LogP contribution in [0.15, 0.2) is 46.9 Å². The van der Waals surface area contributed by atoms with Crippen molar-refractivity contribution in [1.82, 2.24) is 0 Å². The Kier molecular flexibility index (Phi) is 4.51. The average Bonchev–Trinajstić information content (AvgIpc) is 2.28. The summed E-state index contributed by atoms with van der Waals surface area (Å²) >= 11 is 6.42. The molecular weight excluding hydrogens is 366 g/mol. The molecule has 2 rings (SSSR count). The summed E-state index contributed by atoms with van der Waals surface area (Å²) < 4.78 is 27.9. The monoisotopic (exact) mass is 374 g/mol. The molecule has 0 saturated carbocycles. The highest BCUT2D eigenvalue weighted by Gasteiger charge is 2.18. The third kappa shape index (κ3) is 3.18. The van der Waals surface area contributed by atoms with E-state index in [0.717, 1.165) is 5.56 Å². The predicted octanol–water partition coefficient (Wildman–Crippen LogP) is 5.41. The van der Waals surface area contributed by atoms with Crippen molar-refractivity contribution in [1.29, 1.82) is 0 Å². The molecule has 0 aliphatic rings. The smallest absolute Gasteiger partial charge is 0.131 e. The number of hydrogen-bond donors (Lipinski definition) is 0. The number of benzene rings is 2. The van der Waals surface area contributed by atoms with E-state index in [2.05, 4.69) is 31.9 Å². The molecule has 18 heavy (non-hydrogen) atoms. The Bertz CT molecular complexity index is 518. The third-order valence-electron chi connectivity index (χ3n) is 2.61. The summed E-state index contributed by atoms with van der Waals surface area (Å²) in [6.07, 6.45) is 0.538. The Morgan fingerprint density at radius 3 is 2.11 bits per heavy atom. The normalized spacial score (nSPS) is 12.4. The molecule has 1 unspecified atom stereocenters. The first-order valence-electron chi connectivity index (χ1n) is 5.40. The largest absolute Gasteiger partial charge is 0.207 e. The van der Waals surface area contributed by atoms with E-state index in [-0.39, 0.29) is 10.4 Å². The zero-order valence-electron chi connectivity index (χ0n) is 9.34. The molecule has 94 valence electrons. The first-order chi connectivity index (χ1) is 8.58. The molecule has 0 aromatic heterocycles. The van der Waals surface area contributed by atoms with E-state index in [4.69, 9.17) is 0 Å². The van der Waals surface area contributed by atoms with Crippen molar-refractivity contribution < 1.29 is 8.78 Å². The molecule has 4 heteroatoms. The molecule has 0 aliphatic carbocycles. The van der Waals surface area contributed by atoms with Gasteiger partial charge < -0.3 is 0 Å². The minimum Gasteiger partial charge on any atom is -0.207 e. The first kappa shape index (κ1) is 13.7. The fourth-order valence-electron chi connectivity index (χ4n) is 1.78. The van der Waals surface area contributed by atoms with Gasteiger partial charge in [-0.25, -0.2) is 8.78 Å². The molecule has 0 fully saturated rings. The fraction of sp³-hybridized carbons (Fsp3) is 0.143. The lowest BCUT2D eigenvalue weighted by Gasteiger charge is -2.13. The highest BCUT2D eigenvalue weighted by atomic mass is 79.9. The second-order valence-corrected chi connectivity index (χ2v) is 5.96. The van der Waals surface area contributed by atoms with Crippen molar-refractivity contribution in [3.8, 4) is 0 Å². The molecule has 0 spiro atoms. The van der Waals surface area contributed by atoms with Gasteiger partial charge in [-0.1, -0.05) is 62.2 Å². The molecular formula is C14H10Br2F2. The van der Waals surface area contributed by atoms with Gasteiger partial charge >= 0.3 is 0 Å². The maximum Gasteiger partial charge on any atom is 0.131 e. The fourth-order valence-corrected chi connectivity index (χ4v) is 2.99. The molecule has 0 bridgehead atoms. The molecule has 0 N–H and O–H groups in total. The Hall–Kier alpha value is -0.740. The molecule has 0 radical (unpaired) electrons. The molecule has 0 amide bonds. The molecule has 0 aliphatic heterocycles. The third-order valence-corrected chi connectivity index (χ3v) is 3.85. The van der Waals surface area contributed by atoms with E-state index in [1.165, 1.54) is 12.1 Å². The van der Waals surface area contributed by atoms with Crippen molar-refractivity contribution in [2.75, 3.05) is 0 Å². The Balaban J connectivity index is 2.27. The van der Waals surface area contributed by atoms with Crippen LogP contribution in [0.2, 0.25) is 0 Å². The van der Waals surface area contributed by atoms with Gasteiger partial charge in [0, 0.05) is 14.9 Å². The van der Waals surface area contributed by atoms with Crippen LogP contribution in [0.5, 0.6) is 0 Å². The van der Waals surface area contributed by atoms with Gasteiger partial charge in [0.1, 0.15) is 11.6 Å². The Morgan fingerprint density at radius 2 is 1.56 bits per heavy atom. The number of hydrogen-bond acceptors (Lipinski definition) is 0. The van der Waals surface area contributed by atoms with Gasteiger partial charge in [-0.05, 0) is 24.1 Å². The van der Waals surface area contributed by atoms with Gasteiger partial charge in [-0.2, -0.15) is 0 Å². The summed E-state index contributed by atoms with van der Waals surface area (Å²) in [7, 11) is 0. The standard InChI is InChI=1S/C14H10Br2F2/c15-10-7-12(17)14(13(18)8-10)11(16)6-9-4-2-1-3-5-9/h1-5,7-8,11H,6H2. The minimum atomic E-state index is -0.542. The Labute approximate surface area is 121 Å². The van der Waals surface area contributed by atoms with Crippen LogP contribution in [0, 0.1) is 11.6 Å². The van der Waals surface area contributed by atoms with Crippen LogP contribution in [0.4, 0.5) is 8.78 Å². The topological polar surface area (TPSA) is 0 Å². The van der Waals surface area contributed by atoms with E-state index in [1.807, 2.05) is 30.3 Å². The van der Waals surface area contributed by atoms with Crippen LogP contribution in [0.25, 0.3) is 0 Å². The minimum absolute atomic E-state index is 0.0713. The van der Waals surface area contributed by atoms with Crippen molar-refractivity contribution in [3.05, 3.63) is 69.7 Å². The molecule has 0 nitrogen and oxygen atoms in total. The van der Waals surface area contributed by atoms with E-state index < -0.39 is 11.6 Å². The van der Waals surface area contributed by atoms with Crippen molar-refractivity contribution in [3.63, 3.8) is 0 Å². The Morgan fingerprint density at radius 1 is 1.00 bits per heavy atom. The lowest BCUT2D eigenvalue weighted by Crippen LogP contribution is -2.02. The van der Waals surface area contributed by atoms with E-state index in [0.29, 0.717) is 10.9 Å². The molecule has 2 aromatic rings. The average molecular weight is 376 g/mol. The molecule has 0 saturated heterocycles. The van der Waals surface area contributed by atoms with Gasteiger partial charge in [-0.3, -0.25) is 0 Å². The first-order valence-corrected chi connectivity index (χ1v) is 7.11. The second kappa shape index (κ2) is 5.93. The second-order valence-electron chi connectivity index (χ2n) is 3.94. The molecule has 1 atom stereocenters. The maximum atomic E-state index is 13.8. The van der Waals surface area contributed by atoms with Crippen molar-refractivity contribution in [2.45, 2.75) is 11.2 Å². The molecule has 2 aromatic carbocycles. The quantitative estimate of drug-likeness (QED) is 0.629. The van der Waals surface area contributed by atoms with Gasteiger partial charge in [-0.15, -0.1) is 0 Å². The van der Waals surface area contributed by atoms with E-state index >= 15 is 0 Å². The van der Waals surface area contributed by atoms with E-state index in [9.17, 15) is 8.78 Å². The van der Waals surface area contributed by atoms with Gasteiger partial charge in [0.15, 0.2) is 0 Å². The lowest BCUT2D eigenvalue weighted by molar-refractivity contribution is 0.552. The number of alkyl halides is 1. The SMILES string of the molecule is Fc1cc(Br)cc(F)c1C(Br)Cc1ccccc1. The summed E-state index contributed by atoms with van der Waals surface area (Å²) in [5.74, 6) is -1.08. The van der Waals surface area contributed by atoms with Gasteiger partial charge in [0.05, 0.1) is 0 Å². The van der Waals surface area contributed by atoms with Crippen LogP contribution in [-0.2, 0) is 6.42 Å². The zero-order valence-corrected chi connectivity index (χ0v) is 12.5. The van der Waals surface area contributed by atoms with E-state index in [1.54, 1.807) is 0 Å². The summed E-state index contributed by atoms with van der Waals surface area (Å²) in [5.41, 5.74) is 1.10. The number of halogens is 4. The highest BCUT2D eigenvalue weighted by molar-refractivity contribution is 9.10. The van der Waals surface area contributed by atoms with Gasteiger partial charge in [0.2, 0.25) is 0 Å². The predicted molar refractivity (Wildman–Crippen MR) is 75.9 cm³/mol. The number of rotatable bonds is 3. The maximum absolute atomic E-state index is 13.8. The lowest BCUT2D eigenvalue weighted by atomic mass is 10.0. The molecule has 0 heterocycles. The summed E-state index contributed by atoms with van der Waals surface area (Å²) in [6, 6.07) is 12.1. The van der Waals surface area contributed by atoms with Crippen LogP contribution in [-0.4, -0.2) is 0 Å². The van der Waals surface area contributed by atoms with Crippen LogP contribution >= 0.6 is 31.9 Å². The van der Waals surface area contributed by atoms with Crippen LogP contribution in [0.1, 0.15) is 16.0 Å². The van der Waals surface area contributed by atoms with Crippen molar-refractivity contribution >= 4 is 31.9 Å². The highest BCUT2D eigenvalue weighted by Crippen LogP contribution is 2.32. The van der Waals surface area contributed by atoms with Crippen LogP contribution < -0.4 is 0 Å². The van der Waals surface area contributed by atoms with Crippen LogP contribution in [0.3, 0.4) is 0 Å².